The van der Waals surface area contributed by atoms with Crippen molar-refractivity contribution in [3.8, 4) is 0 Å². The highest BCUT2D eigenvalue weighted by atomic mass is 35.5. The molecule has 0 saturated carbocycles. The fraction of sp³-hybridized carbons (Fsp3) is 0.357. The van der Waals surface area contributed by atoms with Crippen LogP contribution >= 0.6 is 11.6 Å². The molecule has 0 aromatic heterocycles. The molecule has 2 N–H and O–H groups in total. The third kappa shape index (κ3) is 3.52. The molecule has 1 heterocycles. The number of nitrogens with zero attached hydrogens (tertiary/aromatic N) is 1. The van der Waals surface area contributed by atoms with Gasteiger partial charge in [0.25, 0.3) is 5.91 Å². The fourth-order valence-electron chi connectivity index (χ4n) is 2.20. The van der Waals surface area contributed by atoms with Crippen LogP contribution in [0.4, 0.5) is 10.5 Å². The zero-order valence-electron chi connectivity index (χ0n) is 11.7. The smallest absolute Gasteiger partial charge is 0.319 e. The number of rotatable bonds is 3. The Labute approximate surface area is 127 Å². The first-order valence-electron chi connectivity index (χ1n) is 6.57. The highest BCUT2D eigenvalue weighted by Gasteiger charge is 2.40. The summed E-state index contributed by atoms with van der Waals surface area (Å²) >= 11 is 5.82. The first-order chi connectivity index (χ1) is 9.88. The predicted octanol–water partition coefficient (Wildman–Crippen LogP) is 2.00. The van der Waals surface area contributed by atoms with E-state index < -0.39 is 12.1 Å². The molecule has 0 unspecified atom stereocenters. The third-order valence-corrected chi connectivity index (χ3v) is 3.32. The maximum atomic E-state index is 12.0. The average molecular weight is 310 g/mol. The Balaban J connectivity index is 1.98. The topological polar surface area (TPSA) is 78.5 Å². The molecule has 1 aliphatic heterocycles. The summed E-state index contributed by atoms with van der Waals surface area (Å²) < 4.78 is 0. The third-order valence-electron chi connectivity index (χ3n) is 3.09. The van der Waals surface area contributed by atoms with Crippen LogP contribution in [0.15, 0.2) is 24.3 Å². The average Bonchev–Trinajstić information content (AvgIpc) is 2.64. The molecule has 1 aromatic rings. The van der Waals surface area contributed by atoms with Crippen LogP contribution in [0.5, 0.6) is 0 Å². The number of carbonyl (C=O) groups is 3. The summed E-state index contributed by atoms with van der Waals surface area (Å²) in [5.74, 6) is -0.653. The molecule has 6 nitrogen and oxygen atoms in total. The summed E-state index contributed by atoms with van der Waals surface area (Å²) in [6, 6.07) is 5.06. The number of halogens is 1. The molecular formula is C14H16ClN3O3. The Morgan fingerprint density at radius 2 is 2.10 bits per heavy atom. The van der Waals surface area contributed by atoms with Crippen molar-refractivity contribution in [1.29, 1.82) is 0 Å². The number of urea groups is 1. The second kappa shape index (κ2) is 6.13. The van der Waals surface area contributed by atoms with Crippen molar-refractivity contribution >= 4 is 35.1 Å². The van der Waals surface area contributed by atoms with Crippen LogP contribution in [0.3, 0.4) is 0 Å². The van der Waals surface area contributed by atoms with E-state index in [-0.39, 0.29) is 24.3 Å². The van der Waals surface area contributed by atoms with Crippen molar-refractivity contribution in [2.75, 3.05) is 5.32 Å². The number of likely N-dealkylation sites (tertiary alicyclic amines) is 1. The van der Waals surface area contributed by atoms with Crippen LogP contribution in [0.1, 0.15) is 20.3 Å². The van der Waals surface area contributed by atoms with Gasteiger partial charge < -0.3 is 10.6 Å². The van der Waals surface area contributed by atoms with Gasteiger partial charge in [0.2, 0.25) is 5.91 Å². The molecule has 21 heavy (non-hydrogen) atoms. The number of benzene rings is 1. The second-order valence-electron chi connectivity index (χ2n) is 5.06. The zero-order chi connectivity index (χ0) is 15.6. The van der Waals surface area contributed by atoms with Gasteiger partial charge >= 0.3 is 6.03 Å². The number of imide groups is 1. The van der Waals surface area contributed by atoms with Gasteiger partial charge in [0.1, 0.15) is 6.04 Å². The molecule has 4 amide bonds. The maximum absolute atomic E-state index is 12.0. The molecule has 2 rings (SSSR count). The van der Waals surface area contributed by atoms with Gasteiger partial charge in [-0.25, -0.2) is 4.79 Å². The fourth-order valence-corrected chi connectivity index (χ4v) is 2.39. The van der Waals surface area contributed by atoms with E-state index in [0.717, 1.165) is 0 Å². The molecule has 0 radical (unpaired) electrons. The lowest BCUT2D eigenvalue weighted by atomic mass is 10.2. The van der Waals surface area contributed by atoms with Crippen molar-refractivity contribution in [3.63, 3.8) is 0 Å². The van der Waals surface area contributed by atoms with Crippen LogP contribution in [0.2, 0.25) is 5.02 Å². The largest absolute Gasteiger partial charge is 0.326 e. The van der Waals surface area contributed by atoms with Gasteiger partial charge in [0.05, 0.1) is 6.42 Å². The SMILES string of the molecule is CC(C)N1C(=O)C[C@@H](NC(=O)Nc2cccc(Cl)c2)C1=O. The highest BCUT2D eigenvalue weighted by molar-refractivity contribution is 6.30. The first-order valence-corrected chi connectivity index (χ1v) is 6.95. The molecule has 7 heteroatoms. The summed E-state index contributed by atoms with van der Waals surface area (Å²) in [5, 5.41) is 5.57. The Morgan fingerprint density at radius 1 is 1.38 bits per heavy atom. The number of amides is 4. The number of anilines is 1. The summed E-state index contributed by atoms with van der Waals surface area (Å²) in [4.78, 5) is 36.8. The Hall–Kier alpha value is -2.08. The molecule has 0 bridgehead atoms. The quantitative estimate of drug-likeness (QED) is 0.838. The molecular weight excluding hydrogens is 294 g/mol. The molecule has 0 aliphatic carbocycles. The van der Waals surface area contributed by atoms with E-state index in [9.17, 15) is 14.4 Å². The van der Waals surface area contributed by atoms with Gasteiger partial charge in [-0.2, -0.15) is 0 Å². The summed E-state index contributed by atoms with van der Waals surface area (Å²) in [7, 11) is 0. The minimum Gasteiger partial charge on any atom is -0.326 e. The normalized spacial score (nSPS) is 18.3. The van der Waals surface area contributed by atoms with Crippen molar-refractivity contribution in [3.05, 3.63) is 29.3 Å². The number of hydrogen-bond acceptors (Lipinski definition) is 3. The zero-order valence-corrected chi connectivity index (χ0v) is 12.5. The number of hydrogen-bond donors (Lipinski definition) is 2. The molecule has 1 saturated heterocycles. The minimum atomic E-state index is -0.820. The second-order valence-corrected chi connectivity index (χ2v) is 5.50. The van der Waals surface area contributed by atoms with E-state index in [1.807, 2.05) is 0 Å². The van der Waals surface area contributed by atoms with Crippen molar-refractivity contribution in [1.82, 2.24) is 10.2 Å². The van der Waals surface area contributed by atoms with E-state index >= 15 is 0 Å². The summed E-state index contributed by atoms with van der Waals surface area (Å²) in [6.07, 6.45) is -0.0139. The Morgan fingerprint density at radius 3 is 2.67 bits per heavy atom. The molecule has 1 fully saturated rings. The predicted molar refractivity (Wildman–Crippen MR) is 79.0 cm³/mol. The molecule has 1 aromatic carbocycles. The number of carbonyl (C=O) groups excluding carboxylic acids is 3. The van der Waals surface area contributed by atoms with E-state index in [0.29, 0.717) is 10.7 Å². The standard InChI is InChI=1S/C14H16ClN3O3/c1-8(2)18-12(19)7-11(13(18)20)17-14(21)16-10-5-3-4-9(15)6-10/h3-6,8,11H,7H2,1-2H3,(H2,16,17,21)/t11-/m1/s1. The van der Waals surface area contributed by atoms with E-state index in [4.69, 9.17) is 11.6 Å². The van der Waals surface area contributed by atoms with Crippen molar-refractivity contribution < 1.29 is 14.4 Å². The van der Waals surface area contributed by atoms with Gasteiger partial charge in [-0.15, -0.1) is 0 Å². The van der Waals surface area contributed by atoms with E-state index in [2.05, 4.69) is 10.6 Å². The van der Waals surface area contributed by atoms with Gasteiger partial charge in [0, 0.05) is 16.8 Å². The van der Waals surface area contributed by atoms with Crippen molar-refractivity contribution in [2.24, 2.45) is 0 Å². The van der Waals surface area contributed by atoms with Gasteiger partial charge in [-0.05, 0) is 32.0 Å². The Kier molecular flexibility index (Phi) is 4.47. The van der Waals surface area contributed by atoms with Gasteiger partial charge in [-0.3, -0.25) is 14.5 Å². The van der Waals surface area contributed by atoms with E-state index in [1.165, 1.54) is 4.90 Å². The lowest BCUT2D eigenvalue weighted by molar-refractivity contribution is -0.140. The summed E-state index contributed by atoms with van der Waals surface area (Å²) in [5.41, 5.74) is 0.512. The highest BCUT2D eigenvalue weighted by Crippen LogP contribution is 2.17. The van der Waals surface area contributed by atoms with Crippen LogP contribution in [-0.2, 0) is 9.59 Å². The van der Waals surface area contributed by atoms with Crippen molar-refractivity contribution in [2.45, 2.75) is 32.4 Å². The van der Waals surface area contributed by atoms with Crippen LogP contribution in [-0.4, -0.2) is 34.8 Å². The number of nitrogens with one attached hydrogen (secondary N) is 2. The molecule has 1 aliphatic rings. The lowest BCUT2D eigenvalue weighted by Gasteiger charge is -2.19. The summed E-state index contributed by atoms with van der Waals surface area (Å²) in [6.45, 7) is 3.51. The maximum Gasteiger partial charge on any atom is 0.319 e. The minimum absolute atomic E-state index is 0.0139. The molecule has 1 atom stereocenters. The monoisotopic (exact) mass is 309 g/mol. The van der Waals surface area contributed by atoms with E-state index in [1.54, 1.807) is 38.1 Å². The molecule has 112 valence electrons. The van der Waals surface area contributed by atoms with Gasteiger partial charge in [0.15, 0.2) is 0 Å². The van der Waals surface area contributed by atoms with Crippen LogP contribution in [0, 0.1) is 0 Å². The van der Waals surface area contributed by atoms with Gasteiger partial charge in [-0.1, -0.05) is 17.7 Å². The van der Waals surface area contributed by atoms with Crippen LogP contribution in [0.25, 0.3) is 0 Å². The lowest BCUT2D eigenvalue weighted by Crippen LogP contribution is -2.45. The van der Waals surface area contributed by atoms with Crippen LogP contribution < -0.4 is 10.6 Å². The first kappa shape index (κ1) is 15.3. The molecule has 0 spiro atoms. The Bertz CT molecular complexity index is 589.